The lowest BCUT2D eigenvalue weighted by Gasteiger charge is -2.24. The molecule has 3 nitrogen and oxygen atoms in total. The maximum Gasteiger partial charge on any atom is 0.165 e. The molecular formula is C16H19FN2OS. The molecule has 2 heterocycles. The first-order valence-corrected chi connectivity index (χ1v) is 8.06. The predicted molar refractivity (Wildman–Crippen MR) is 82.2 cm³/mol. The summed E-state index contributed by atoms with van der Waals surface area (Å²) in [5, 5.41) is 2.01. The second kappa shape index (κ2) is 6.54. The molecule has 1 aromatic heterocycles. The topological polar surface area (TPSA) is 25.4 Å². The van der Waals surface area contributed by atoms with E-state index in [9.17, 15) is 4.39 Å². The Bertz CT molecular complexity index is 588. The van der Waals surface area contributed by atoms with E-state index < -0.39 is 0 Å². The minimum atomic E-state index is -0.279. The van der Waals surface area contributed by atoms with Gasteiger partial charge in [-0.05, 0) is 55.0 Å². The minimum absolute atomic E-state index is 0.279. The van der Waals surface area contributed by atoms with Gasteiger partial charge in [0.25, 0.3) is 0 Å². The Hall–Kier alpha value is -1.46. The van der Waals surface area contributed by atoms with E-state index in [1.165, 1.54) is 31.1 Å². The van der Waals surface area contributed by atoms with Crippen LogP contribution >= 0.6 is 11.5 Å². The third-order valence-corrected chi connectivity index (χ3v) is 4.66. The van der Waals surface area contributed by atoms with Crippen LogP contribution in [0.4, 0.5) is 4.39 Å². The van der Waals surface area contributed by atoms with Crippen molar-refractivity contribution in [3.8, 4) is 5.75 Å². The molecule has 5 heteroatoms. The molecule has 1 aromatic carbocycles. The molecule has 1 atom stereocenters. The van der Waals surface area contributed by atoms with Gasteiger partial charge in [-0.1, -0.05) is 12.1 Å². The highest BCUT2D eigenvalue weighted by molar-refractivity contribution is 7.03. The highest BCUT2D eigenvalue weighted by Crippen LogP contribution is 2.28. The van der Waals surface area contributed by atoms with Gasteiger partial charge in [-0.25, -0.2) is 4.39 Å². The van der Waals surface area contributed by atoms with Crippen molar-refractivity contribution < 1.29 is 9.13 Å². The molecule has 0 amide bonds. The van der Waals surface area contributed by atoms with Gasteiger partial charge in [0.15, 0.2) is 11.6 Å². The second-order valence-electron chi connectivity index (χ2n) is 5.39. The van der Waals surface area contributed by atoms with E-state index in [2.05, 4.69) is 15.3 Å². The van der Waals surface area contributed by atoms with Crippen LogP contribution in [0.15, 0.2) is 29.6 Å². The molecule has 1 aliphatic rings. The average Bonchev–Trinajstić information content (AvgIpc) is 3.12. The molecule has 0 N–H and O–H groups in total. The highest BCUT2D eigenvalue weighted by Gasteiger charge is 2.26. The van der Waals surface area contributed by atoms with E-state index in [4.69, 9.17) is 4.74 Å². The molecule has 21 heavy (non-hydrogen) atoms. The minimum Gasteiger partial charge on any atom is -0.493 e. The summed E-state index contributed by atoms with van der Waals surface area (Å²) in [7, 11) is 1.53. The molecule has 112 valence electrons. The number of methoxy groups -OCH3 is 1. The van der Waals surface area contributed by atoms with Gasteiger partial charge in [-0.3, -0.25) is 4.90 Å². The maximum absolute atomic E-state index is 13.8. The fourth-order valence-electron chi connectivity index (χ4n) is 3.06. The Balaban J connectivity index is 1.73. The number of halogens is 1. The quantitative estimate of drug-likeness (QED) is 0.845. The number of benzene rings is 1. The van der Waals surface area contributed by atoms with Crippen molar-refractivity contribution in [3.05, 3.63) is 46.7 Å². The molecule has 0 bridgehead atoms. The van der Waals surface area contributed by atoms with Crippen LogP contribution in [0.5, 0.6) is 5.75 Å². The smallest absolute Gasteiger partial charge is 0.165 e. The highest BCUT2D eigenvalue weighted by atomic mass is 32.1. The van der Waals surface area contributed by atoms with E-state index in [-0.39, 0.29) is 5.82 Å². The van der Waals surface area contributed by atoms with Gasteiger partial charge in [-0.15, -0.1) is 0 Å². The van der Waals surface area contributed by atoms with Crippen LogP contribution in [0.3, 0.4) is 0 Å². The number of aromatic nitrogens is 1. The third kappa shape index (κ3) is 3.24. The van der Waals surface area contributed by atoms with Crippen LogP contribution in [-0.4, -0.2) is 29.0 Å². The van der Waals surface area contributed by atoms with Crippen LogP contribution in [0, 0.1) is 5.82 Å². The van der Waals surface area contributed by atoms with Crippen molar-refractivity contribution in [2.75, 3.05) is 13.7 Å². The van der Waals surface area contributed by atoms with Gasteiger partial charge >= 0.3 is 0 Å². The maximum atomic E-state index is 13.8. The zero-order valence-corrected chi connectivity index (χ0v) is 12.9. The van der Waals surface area contributed by atoms with Crippen LogP contribution in [0.2, 0.25) is 0 Å². The van der Waals surface area contributed by atoms with Crippen LogP contribution in [0.1, 0.15) is 24.1 Å². The first-order chi connectivity index (χ1) is 10.3. The summed E-state index contributed by atoms with van der Waals surface area (Å²) in [5.41, 5.74) is 2.07. The van der Waals surface area contributed by atoms with Gasteiger partial charge < -0.3 is 4.74 Å². The Labute approximate surface area is 128 Å². The molecule has 0 saturated carbocycles. The summed E-state index contributed by atoms with van der Waals surface area (Å²) in [6, 6.07) is 7.67. The van der Waals surface area contributed by atoms with Gasteiger partial charge in [0.05, 0.1) is 12.8 Å². The van der Waals surface area contributed by atoms with E-state index in [0.29, 0.717) is 11.8 Å². The number of para-hydroxylation sites is 1. The van der Waals surface area contributed by atoms with Crippen molar-refractivity contribution in [2.24, 2.45) is 0 Å². The number of nitrogens with zero attached hydrogens (tertiary/aromatic N) is 2. The normalized spacial score (nSPS) is 19.0. The molecule has 3 rings (SSSR count). The summed E-state index contributed by atoms with van der Waals surface area (Å²) in [6.07, 6.45) is 3.15. The Morgan fingerprint density at radius 2 is 2.33 bits per heavy atom. The van der Waals surface area contributed by atoms with Gasteiger partial charge in [0, 0.05) is 18.0 Å². The zero-order valence-electron chi connectivity index (χ0n) is 12.1. The summed E-state index contributed by atoms with van der Waals surface area (Å²) in [6.45, 7) is 1.96. The second-order valence-corrected chi connectivity index (χ2v) is 6.06. The number of ether oxygens (including phenoxy) is 1. The van der Waals surface area contributed by atoms with Crippen molar-refractivity contribution in [2.45, 2.75) is 31.8 Å². The number of rotatable bonds is 5. The molecule has 0 radical (unpaired) electrons. The van der Waals surface area contributed by atoms with Crippen LogP contribution < -0.4 is 4.74 Å². The molecule has 0 aliphatic carbocycles. The summed E-state index contributed by atoms with van der Waals surface area (Å²) in [5.74, 6) is 0.108. The van der Waals surface area contributed by atoms with Crippen molar-refractivity contribution >= 4 is 11.5 Å². The Morgan fingerprint density at radius 3 is 3.10 bits per heavy atom. The molecule has 1 saturated heterocycles. The zero-order chi connectivity index (χ0) is 14.7. The lowest BCUT2D eigenvalue weighted by molar-refractivity contribution is 0.240. The molecular weight excluding hydrogens is 287 g/mol. The number of likely N-dealkylation sites (tertiary alicyclic amines) is 1. The molecule has 2 aromatic rings. The van der Waals surface area contributed by atoms with E-state index >= 15 is 0 Å². The molecule has 1 unspecified atom stereocenters. The SMILES string of the molecule is COc1c(F)cccc1CC1CCCN1Cc1ccsn1. The lowest BCUT2D eigenvalue weighted by Crippen LogP contribution is -2.30. The van der Waals surface area contributed by atoms with Gasteiger partial charge in [-0.2, -0.15) is 4.37 Å². The third-order valence-electron chi connectivity index (χ3n) is 4.06. The van der Waals surface area contributed by atoms with Gasteiger partial charge in [0.1, 0.15) is 0 Å². The average molecular weight is 306 g/mol. The summed E-state index contributed by atoms with van der Waals surface area (Å²) < 4.78 is 23.4. The first-order valence-electron chi connectivity index (χ1n) is 7.22. The molecule has 0 spiro atoms. The van der Waals surface area contributed by atoms with E-state index in [0.717, 1.165) is 37.2 Å². The van der Waals surface area contributed by atoms with E-state index in [1.807, 2.05) is 11.4 Å². The van der Waals surface area contributed by atoms with Crippen LogP contribution in [0.25, 0.3) is 0 Å². The fourth-order valence-corrected chi connectivity index (χ4v) is 3.59. The fraction of sp³-hybridized carbons (Fsp3) is 0.438. The van der Waals surface area contributed by atoms with Crippen molar-refractivity contribution in [1.82, 2.24) is 9.27 Å². The number of hydrogen-bond acceptors (Lipinski definition) is 4. The van der Waals surface area contributed by atoms with E-state index in [1.54, 1.807) is 6.07 Å². The Morgan fingerprint density at radius 1 is 1.43 bits per heavy atom. The monoisotopic (exact) mass is 306 g/mol. The lowest BCUT2D eigenvalue weighted by atomic mass is 10.0. The van der Waals surface area contributed by atoms with Crippen molar-refractivity contribution in [1.29, 1.82) is 0 Å². The molecule has 1 aliphatic heterocycles. The predicted octanol–water partition coefficient (Wildman–Crippen LogP) is 3.50. The standard InChI is InChI=1S/C16H19FN2OS/c1-20-16-12(4-2-6-15(16)17)10-14-5-3-8-19(14)11-13-7-9-21-18-13/h2,4,6-7,9,14H,3,5,8,10-11H2,1H3. The largest absolute Gasteiger partial charge is 0.493 e. The van der Waals surface area contributed by atoms with Gasteiger partial charge in [0.2, 0.25) is 0 Å². The van der Waals surface area contributed by atoms with Crippen LogP contribution in [-0.2, 0) is 13.0 Å². The summed E-state index contributed by atoms with van der Waals surface area (Å²) >= 11 is 1.49. The first kappa shape index (κ1) is 14.5. The summed E-state index contributed by atoms with van der Waals surface area (Å²) in [4.78, 5) is 2.44. The Kier molecular flexibility index (Phi) is 4.51. The van der Waals surface area contributed by atoms with Crippen molar-refractivity contribution in [3.63, 3.8) is 0 Å². The molecule has 1 fully saturated rings. The number of hydrogen-bond donors (Lipinski definition) is 0.